The Hall–Kier alpha value is -3.92. The largest absolute Gasteiger partial charge is 0.490 e. The van der Waals surface area contributed by atoms with E-state index in [0.29, 0.717) is 19.1 Å². The molecule has 216 valence electrons. The van der Waals surface area contributed by atoms with Crippen LogP contribution >= 0.6 is 0 Å². The van der Waals surface area contributed by atoms with Crippen molar-refractivity contribution in [3.63, 3.8) is 0 Å². The Morgan fingerprint density at radius 2 is 1.51 bits per heavy atom. The van der Waals surface area contributed by atoms with Crippen molar-refractivity contribution in [1.82, 2.24) is 15.1 Å². The van der Waals surface area contributed by atoms with Crippen LogP contribution in [0.4, 0.5) is 13.2 Å². The van der Waals surface area contributed by atoms with E-state index in [1.807, 2.05) is 0 Å². The number of amides is 1. The molecule has 2 heterocycles. The molecule has 1 amide bonds. The SMILES string of the molecule is O=C(O)C(F)(F)F.O=C(O)COc1ccc(C(=O)CN2CCN(C3CCNCC3)CC2=O)cc1OCC(=O)O. The summed E-state index contributed by atoms with van der Waals surface area (Å²) in [5.41, 5.74) is 0.210. The highest BCUT2D eigenvalue weighted by atomic mass is 19.4. The second-order valence-electron chi connectivity index (χ2n) is 8.52. The molecule has 1 aromatic rings. The first kappa shape index (κ1) is 31.3. The lowest BCUT2D eigenvalue weighted by molar-refractivity contribution is -0.192. The molecule has 0 aliphatic carbocycles. The zero-order chi connectivity index (χ0) is 29.2. The lowest BCUT2D eigenvalue weighted by Crippen LogP contribution is -2.56. The first-order valence-electron chi connectivity index (χ1n) is 11.7. The fraction of sp³-hybridized carbons (Fsp3) is 0.522. The molecule has 39 heavy (non-hydrogen) atoms. The standard InChI is InChI=1S/C21H27N3O8.C2HF3O2/c25-16(10-24-8-7-23(11-19(24)26)15-3-5-22-6-4-15)14-1-2-17(31-12-20(27)28)18(9-14)32-13-21(29)30;3-2(4,5)1(6)7/h1-2,9,15,22H,3-8,10-13H2,(H,27,28)(H,29,30);(H,6,7). The van der Waals surface area contributed by atoms with E-state index >= 15 is 0 Å². The number of carbonyl (C=O) groups excluding carboxylic acids is 2. The zero-order valence-corrected chi connectivity index (χ0v) is 20.6. The number of Topliss-reactive ketones (excluding diaryl/α,β-unsaturated/α-hetero) is 1. The fourth-order valence-corrected chi connectivity index (χ4v) is 3.83. The van der Waals surface area contributed by atoms with Crippen LogP contribution < -0.4 is 14.8 Å². The van der Waals surface area contributed by atoms with E-state index in [-0.39, 0.29) is 41.8 Å². The van der Waals surface area contributed by atoms with Crippen LogP contribution in [0.25, 0.3) is 0 Å². The number of piperidine rings is 1. The number of alkyl halides is 3. The van der Waals surface area contributed by atoms with E-state index in [9.17, 15) is 32.3 Å². The maximum atomic E-state index is 12.8. The summed E-state index contributed by atoms with van der Waals surface area (Å²) in [6.45, 7) is 1.89. The van der Waals surface area contributed by atoms with Crippen molar-refractivity contribution < 1.29 is 61.9 Å². The molecule has 1 aromatic carbocycles. The number of carboxylic acids is 3. The molecule has 2 aliphatic heterocycles. The third-order valence-electron chi connectivity index (χ3n) is 5.72. The van der Waals surface area contributed by atoms with Gasteiger partial charge in [0.05, 0.1) is 13.1 Å². The number of piperazine rings is 1. The minimum absolute atomic E-state index is 0.0110. The van der Waals surface area contributed by atoms with Gasteiger partial charge in [0.15, 0.2) is 30.5 Å². The first-order valence-corrected chi connectivity index (χ1v) is 11.7. The van der Waals surface area contributed by atoms with Gasteiger partial charge in [-0.05, 0) is 44.1 Å². The molecule has 13 nitrogen and oxygen atoms in total. The quantitative estimate of drug-likeness (QED) is 0.287. The number of hydrogen-bond donors (Lipinski definition) is 4. The molecular formula is C23H28F3N3O10. The van der Waals surface area contributed by atoms with Gasteiger partial charge in [0, 0.05) is 24.7 Å². The van der Waals surface area contributed by atoms with Crippen LogP contribution in [0.3, 0.4) is 0 Å². The second-order valence-corrected chi connectivity index (χ2v) is 8.52. The number of benzene rings is 1. The van der Waals surface area contributed by atoms with Crippen LogP contribution in [0.15, 0.2) is 18.2 Å². The summed E-state index contributed by atoms with van der Waals surface area (Å²) in [6.07, 6.45) is -3.08. The molecule has 16 heteroatoms. The first-order chi connectivity index (χ1) is 18.3. The summed E-state index contributed by atoms with van der Waals surface area (Å²) in [5.74, 6) is -5.68. The Morgan fingerprint density at radius 3 is 2.03 bits per heavy atom. The number of nitrogens with one attached hydrogen (secondary N) is 1. The lowest BCUT2D eigenvalue weighted by Gasteiger charge is -2.40. The van der Waals surface area contributed by atoms with Gasteiger partial charge in [0.1, 0.15) is 0 Å². The van der Waals surface area contributed by atoms with Crippen molar-refractivity contribution in [3.8, 4) is 11.5 Å². The van der Waals surface area contributed by atoms with Crippen molar-refractivity contribution >= 4 is 29.6 Å². The number of rotatable bonds is 10. The number of aliphatic carboxylic acids is 3. The second kappa shape index (κ2) is 14.3. The Balaban J connectivity index is 0.000000673. The topological polar surface area (TPSA) is 183 Å². The van der Waals surface area contributed by atoms with Crippen LogP contribution in [0.5, 0.6) is 11.5 Å². The number of carboxylic acid groups (broad SMARTS) is 3. The van der Waals surface area contributed by atoms with Crippen molar-refractivity contribution in [2.45, 2.75) is 25.1 Å². The molecular weight excluding hydrogens is 535 g/mol. The van der Waals surface area contributed by atoms with Crippen molar-refractivity contribution in [1.29, 1.82) is 0 Å². The van der Waals surface area contributed by atoms with Gasteiger partial charge in [0.2, 0.25) is 5.91 Å². The lowest BCUT2D eigenvalue weighted by atomic mass is 10.0. The summed E-state index contributed by atoms with van der Waals surface area (Å²) in [6, 6.07) is 4.47. The third kappa shape index (κ3) is 10.4. The summed E-state index contributed by atoms with van der Waals surface area (Å²) >= 11 is 0. The van der Waals surface area contributed by atoms with Crippen LogP contribution in [0, 0.1) is 0 Å². The third-order valence-corrected chi connectivity index (χ3v) is 5.72. The average Bonchev–Trinajstić information content (AvgIpc) is 2.87. The van der Waals surface area contributed by atoms with E-state index in [1.54, 1.807) is 0 Å². The smallest absolute Gasteiger partial charge is 0.479 e. The molecule has 0 bridgehead atoms. The van der Waals surface area contributed by atoms with Gasteiger partial charge in [-0.2, -0.15) is 13.2 Å². The number of ketones is 1. The van der Waals surface area contributed by atoms with Gasteiger partial charge in [-0.3, -0.25) is 14.5 Å². The van der Waals surface area contributed by atoms with Crippen molar-refractivity contribution in [2.75, 3.05) is 52.5 Å². The minimum Gasteiger partial charge on any atom is -0.479 e. The molecule has 2 fully saturated rings. The number of carbonyl (C=O) groups is 5. The Bertz CT molecular complexity index is 1060. The number of nitrogens with zero attached hydrogens (tertiary/aromatic N) is 2. The Labute approximate surface area is 220 Å². The van der Waals surface area contributed by atoms with E-state index in [2.05, 4.69) is 10.2 Å². The molecule has 0 unspecified atom stereocenters. The highest BCUT2D eigenvalue weighted by molar-refractivity contribution is 6.00. The highest BCUT2D eigenvalue weighted by Gasteiger charge is 2.38. The molecule has 0 radical (unpaired) electrons. The fourth-order valence-electron chi connectivity index (χ4n) is 3.83. The normalized spacial score (nSPS) is 16.6. The molecule has 0 atom stereocenters. The zero-order valence-electron chi connectivity index (χ0n) is 20.6. The van der Waals surface area contributed by atoms with Gasteiger partial charge in [-0.15, -0.1) is 0 Å². The molecule has 2 saturated heterocycles. The van der Waals surface area contributed by atoms with Crippen LogP contribution in [0.2, 0.25) is 0 Å². The predicted octanol–water partition coefficient (Wildman–Crippen LogP) is 0.326. The maximum absolute atomic E-state index is 12.8. The monoisotopic (exact) mass is 563 g/mol. The van der Waals surface area contributed by atoms with Crippen LogP contribution in [-0.2, 0) is 19.2 Å². The number of ether oxygens (including phenoxy) is 2. The van der Waals surface area contributed by atoms with Gasteiger partial charge in [0.25, 0.3) is 0 Å². The van der Waals surface area contributed by atoms with Crippen molar-refractivity contribution in [3.05, 3.63) is 23.8 Å². The molecule has 0 saturated carbocycles. The van der Waals surface area contributed by atoms with E-state index in [4.69, 9.17) is 29.6 Å². The van der Waals surface area contributed by atoms with E-state index in [0.717, 1.165) is 25.9 Å². The average molecular weight is 563 g/mol. The predicted molar refractivity (Wildman–Crippen MR) is 125 cm³/mol. The van der Waals surface area contributed by atoms with E-state index < -0.39 is 37.3 Å². The molecule has 0 spiro atoms. The van der Waals surface area contributed by atoms with Gasteiger partial charge in [-0.1, -0.05) is 0 Å². The van der Waals surface area contributed by atoms with Gasteiger partial charge < -0.3 is 35.0 Å². The molecule has 2 aliphatic rings. The van der Waals surface area contributed by atoms with Gasteiger partial charge >= 0.3 is 24.1 Å². The summed E-state index contributed by atoms with van der Waals surface area (Å²) in [7, 11) is 0. The van der Waals surface area contributed by atoms with Gasteiger partial charge in [-0.25, -0.2) is 14.4 Å². The number of halogens is 3. The Morgan fingerprint density at radius 1 is 0.949 bits per heavy atom. The van der Waals surface area contributed by atoms with Crippen molar-refractivity contribution in [2.24, 2.45) is 0 Å². The summed E-state index contributed by atoms with van der Waals surface area (Å²) in [4.78, 5) is 59.6. The highest BCUT2D eigenvalue weighted by Crippen LogP contribution is 2.29. The maximum Gasteiger partial charge on any atom is 0.490 e. The molecule has 4 N–H and O–H groups in total. The van der Waals surface area contributed by atoms with Crippen LogP contribution in [-0.4, -0.2) is 119 Å². The minimum atomic E-state index is -5.08. The summed E-state index contributed by atoms with van der Waals surface area (Å²) in [5, 5.41) is 28.1. The Kier molecular flexibility index (Phi) is 11.5. The number of hydrogen-bond acceptors (Lipinski definition) is 9. The summed E-state index contributed by atoms with van der Waals surface area (Å²) < 4.78 is 42.0. The van der Waals surface area contributed by atoms with Crippen LogP contribution in [0.1, 0.15) is 23.2 Å². The molecule has 0 aromatic heterocycles. The molecule has 3 rings (SSSR count). The van der Waals surface area contributed by atoms with E-state index in [1.165, 1.54) is 23.1 Å².